The Bertz CT molecular complexity index is 277. The Balaban J connectivity index is 2.87. The van der Waals surface area contributed by atoms with E-state index >= 15 is 0 Å². The van der Waals surface area contributed by atoms with Crippen molar-refractivity contribution >= 4 is 22.8 Å². The van der Waals surface area contributed by atoms with Gasteiger partial charge in [-0.05, 0) is 18.4 Å². The predicted molar refractivity (Wildman–Crippen MR) is 43.5 cm³/mol. The van der Waals surface area contributed by atoms with Crippen molar-refractivity contribution in [2.75, 3.05) is 0 Å². The van der Waals surface area contributed by atoms with Crippen LogP contribution in [0.3, 0.4) is 0 Å². The van der Waals surface area contributed by atoms with Gasteiger partial charge in [0, 0.05) is 0 Å². The Labute approximate surface area is 68.0 Å². The standard InChI is InChI=1S/C7H7NO2S/c1-5(8-10)7(9)6-3-2-4-11-6/h2-4,10H,1H3/b8-5-. The van der Waals surface area contributed by atoms with E-state index in [-0.39, 0.29) is 11.5 Å². The fraction of sp³-hybridized carbons (Fsp3) is 0.143. The highest BCUT2D eigenvalue weighted by Gasteiger charge is 2.09. The monoisotopic (exact) mass is 169 g/mol. The molecule has 0 fully saturated rings. The third-order valence-corrected chi connectivity index (χ3v) is 2.09. The molecule has 1 N–H and O–H groups in total. The molecule has 0 amide bonds. The minimum absolute atomic E-state index is 0.118. The van der Waals surface area contributed by atoms with E-state index in [1.807, 2.05) is 0 Å². The lowest BCUT2D eigenvalue weighted by atomic mass is 10.2. The van der Waals surface area contributed by atoms with E-state index in [0.717, 1.165) is 0 Å². The maximum atomic E-state index is 11.2. The second-order valence-corrected chi connectivity index (χ2v) is 2.94. The van der Waals surface area contributed by atoms with Crippen LogP contribution in [0.5, 0.6) is 0 Å². The Hall–Kier alpha value is -1.16. The van der Waals surface area contributed by atoms with Gasteiger partial charge in [0.25, 0.3) is 0 Å². The highest BCUT2D eigenvalue weighted by atomic mass is 32.1. The maximum absolute atomic E-state index is 11.2. The summed E-state index contributed by atoms with van der Waals surface area (Å²) in [5, 5.41) is 12.9. The second-order valence-electron chi connectivity index (χ2n) is 1.99. The van der Waals surface area contributed by atoms with E-state index in [9.17, 15) is 4.79 Å². The third kappa shape index (κ3) is 1.65. The summed E-state index contributed by atoms with van der Waals surface area (Å²) < 4.78 is 0. The van der Waals surface area contributed by atoms with Crippen LogP contribution in [0.4, 0.5) is 0 Å². The minimum Gasteiger partial charge on any atom is -0.411 e. The largest absolute Gasteiger partial charge is 0.411 e. The van der Waals surface area contributed by atoms with Gasteiger partial charge >= 0.3 is 0 Å². The van der Waals surface area contributed by atoms with Crippen LogP contribution in [-0.2, 0) is 0 Å². The zero-order chi connectivity index (χ0) is 8.27. The van der Waals surface area contributed by atoms with Gasteiger partial charge in [-0.1, -0.05) is 11.2 Å². The smallest absolute Gasteiger partial charge is 0.220 e. The predicted octanol–water partition coefficient (Wildman–Crippen LogP) is 1.78. The molecule has 0 unspecified atom stereocenters. The molecule has 0 aliphatic carbocycles. The minimum atomic E-state index is -0.220. The van der Waals surface area contributed by atoms with Crippen LogP contribution in [0.1, 0.15) is 16.6 Å². The molecule has 0 bridgehead atoms. The summed E-state index contributed by atoms with van der Waals surface area (Å²) in [6.45, 7) is 1.47. The number of nitrogens with zero attached hydrogens (tertiary/aromatic N) is 1. The van der Waals surface area contributed by atoms with Crippen molar-refractivity contribution < 1.29 is 10.0 Å². The van der Waals surface area contributed by atoms with E-state index in [1.165, 1.54) is 18.3 Å². The number of rotatable bonds is 2. The summed E-state index contributed by atoms with van der Waals surface area (Å²) in [5.41, 5.74) is 0.118. The van der Waals surface area contributed by atoms with Crippen molar-refractivity contribution in [1.29, 1.82) is 0 Å². The summed E-state index contributed by atoms with van der Waals surface area (Å²) in [5.74, 6) is -0.220. The molecule has 1 heterocycles. The van der Waals surface area contributed by atoms with Gasteiger partial charge in [0.05, 0.1) is 4.88 Å². The number of hydrogen-bond donors (Lipinski definition) is 1. The van der Waals surface area contributed by atoms with E-state index < -0.39 is 0 Å². The van der Waals surface area contributed by atoms with Gasteiger partial charge in [0.15, 0.2) is 0 Å². The molecule has 3 nitrogen and oxygen atoms in total. The zero-order valence-electron chi connectivity index (χ0n) is 5.94. The fourth-order valence-electron chi connectivity index (χ4n) is 0.631. The molecular formula is C7H7NO2S. The van der Waals surface area contributed by atoms with Crippen LogP contribution in [0.2, 0.25) is 0 Å². The molecule has 58 valence electrons. The summed E-state index contributed by atoms with van der Waals surface area (Å²) in [6, 6.07) is 3.48. The maximum Gasteiger partial charge on any atom is 0.220 e. The Morgan fingerprint density at radius 2 is 2.45 bits per heavy atom. The number of carbonyl (C=O) groups is 1. The van der Waals surface area contributed by atoms with Crippen molar-refractivity contribution in [2.24, 2.45) is 5.16 Å². The molecule has 0 radical (unpaired) electrons. The first-order chi connectivity index (χ1) is 5.25. The molecular weight excluding hydrogens is 162 g/mol. The summed E-state index contributed by atoms with van der Waals surface area (Å²) in [4.78, 5) is 11.8. The molecule has 0 aliphatic rings. The van der Waals surface area contributed by atoms with E-state index in [1.54, 1.807) is 17.5 Å². The number of hydrogen-bond acceptors (Lipinski definition) is 4. The van der Waals surface area contributed by atoms with Gasteiger partial charge in [-0.2, -0.15) is 0 Å². The lowest BCUT2D eigenvalue weighted by molar-refractivity contribution is 0.106. The van der Waals surface area contributed by atoms with Crippen LogP contribution < -0.4 is 0 Å². The molecule has 1 rings (SSSR count). The summed E-state index contributed by atoms with van der Waals surface area (Å²) in [7, 11) is 0. The number of Topliss-reactive ketones (excluding diaryl/α,β-unsaturated/α-hetero) is 1. The van der Waals surface area contributed by atoms with E-state index in [2.05, 4.69) is 5.16 Å². The van der Waals surface area contributed by atoms with Gasteiger partial charge < -0.3 is 5.21 Å². The van der Waals surface area contributed by atoms with Crippen LogP contribution in [0, 0.1) is 0 Å². The molecule has 0 saturated heterocycles. The molecule has 0 saturated carbocycles. The zero-order valence-corrected chi connectivity index (χ0v) is 6.76. The Morgan fingerprint density at radius 1 is 1.73 bits per heavy atom. The van der Waals surface area contributed by atoms with Gasteiger partial charge in [-0.25, -0.2) is 0 Å². The van der Waals surface area contributed by atoms with Crippen molar-refractivity contribution in [3.63, 3.8) is 0 Å². The highest BCUT2D eigenvalue weighted by molar-refractivity contribution is 7.13. The topological polar surface area (TPSA) is 49.7 Å². The molecule has 0 spiro atoms. The highest BCUT2D eigenvalue weighted by Crippen LogP contribution is 2.09. The Morgan fingerprint density at radius 3 is 2.91 bits per heavy atom. The molecule has 4 heteroatoms. The molecule has 1 aromatic heterocycles. The van der Waals surface area contributed by atoms with E-state index in [4.69, 9.17) is 5.21 Å². The normalized spacial score (nSPS) is 11.5. The van der Waals surface area contributed by atoms with Gasteiger partial charge in [0.1, 0.15) is 5.71 Å². The lowest BCUT2D eigenvalue weighted by Crippen LogP contribution is -2.08. The van der Waals surface area contributed by atoms with Gasteiger partial charge in [-0.3, -0.25) is 4.79 Å². The summed E-state index contributed by atoms with van der Waals surface area (Å²) >= 11 is 1.33. The first kappa shape index (κ1) is 7.94. The molecule has 1 aromatic rings. The van der Waals surface area contributed by atoms with Crippen LogP contribution in [0.15, 0.2) is 22.7 Å². The molecule has 0 atom stereocenters. The number of carbonyl (C=O) groups excluding carboxylic acids is 1. The summed E-state index contributed by atoms with van der Waals surface area (Å²) in [6.07, 6.45) is 0. The number of ketones is 1. The quantitative estimate of drug-likeness (QED) is 0.317. The van der Waals surface area contributed by atoms with Gasteiger partial charge in [-0.15, -0.1) is 11.3 Å². The van der Waals surface area contributed by atoms with Crippen LogP contribution >= 0.6 is 11.3 Å². The van der Waals surface area contributed by atoms with Crippen molar-refractivity contribution in [3.05, 3.63) is 22.4 Å². The fourth-order valence-corrected chi connectivity index (χ4v) is 1.35. The van der Waals surface area contributed by atoms with Gasteiger partial charge in [0.2, 0.25) is 5.78 Å². The molecule has 11 heavy (non-hydrogen) atoms. The Kier molecular flexibility index (Phi) is 2.38. The molecule has 0 aromatic carbocycles. The first-order valence-corrected chi connectivity index (χ1v) is 3.90. The third-order valence-electron chi connectivity index (χ3n) is 1.22. The van der Waals surface area contributed by atoms with Crippen molar-refractivity contribution in [3.8, 4) is 0 Å². The first-order valence-electron chi connectivity index (χ1n) is 3.02. The van der Waals surface area contributed by atoms with Crippen molar-refractivity contribution in [1.82, 2.24) is 0 Å². The van der Waals surface area contributed by atoms with Crippen LogP contribution in [0.25, 0.3) is 0 Å². The van der Waals surface area contributed by atoms with Crippen LogP contribution in [-0.4, -0.2) is 16.7 Å². The lowest BCUT2D eigenvalue weighted by Gasteiger charge is -1.91. The van der Waals surface area contributed by atoms with Crippen molar-refractivity contribution in [2.45, 2.75) is 6.92 Å². The average molecular weight is 169 g/mol. The average Bonchev–Trinajstić information content (AvgIpc) is 2.53. The molecule has 0 aliphatic heterocycles. The SMILES string of the molecule is C/C(=N/O)C(=O)c1cccs1. The second kappa shape index (κ2) is 3.30. The number of oxime groups is 1. The number of thiophene rings is 1. The van der Waals surface area contributed by atoms with E-state index in [0.29, 0.717) is 4.88 Å².